The SMILES string of the molecule is C[C@H](CCC(=O)O)[C@@H]1CC[C@H]2[C@@H]3[C@H](O)C[C@H]4C[C@H](O)CC[C@]4(C)[C@H]3C[C@@H](O)[C@@]21C. The molecule has 29 heavy (non-hydrogen) atoms. The third kappa shape index (κ3) is 3.27. The van der Waals surface area contributed by atoms with Crippen molar-refractivity contribution in [1.29, 1.82) is 0 Å². The van der Waals surface area contributed by atoms with Gasteiger partial charge in [-0.3, -0.25) is 4.79 Å². The fraction of sp³-hybridized carbons (Fsp3) is 0.958. The van der Waals surface area contributed by atoms with E-state index in [0.29, 0.717) is 30.1 Å². The molecule has 0 amide bonds. The lowest BCUT2D eigenvalue weighted by molar-refractivity contribution is -0.207. The van der Waals surface area contributed by atoms with Crippen molar-refractivity contribution in [2.75, 3.05) is 0 Å². The first-order valence-electron chi connectivity index (χ1n) is 11.8. The normalized spacial score (nSPS) is 52.9. The van der Waals surface area contributed by atoms with Crippen LogP contribution in [-0.4, -0.2) is 44.7 Å². The highest BCUT2D eigenvalue weighted by Crippen LogP contribution is 2.68. The zero-order valence-electron chi connectivity index (χ0n) is 18.3. The van der Waals surface area contributed by atoms with Crippen LogP contribution in [0.5, 0.6) is 0 Å². The van der Waals surface area contributed by atoms with Crippen molar-refractivity contribution in [3.05, 3.63) is 0 Å². The lowest BCUT2D eigenvalue weighted by Gasteiger charge is -2.63. The largest absolute Gasteiger partial charge is 0.481 e. The van der Waals surface area contributed by atoms with Gasteiger partial charge in [0.25, 0.3) is 0 Å². The van der Waals surface area contributed by atoms with Gasteiger partial charge in [-0.05, 0) is 97.7 Å². The molecule has 4 fully saturated rings. The number of carbonyl (C=O) groups is 1. The third-order valence-electron chi connectivity index (χ3n) is 10.3. The quantitative estimate of drug-likeness (QED) is 0.571. The van der Waals surface area contributed by atoms with Gasteiger partial charge in [0.05, 0.1) is 18.3 Å². The van der Waals surface area contributed by atoms with E-state index in [0.717, 1.165) is 44.9 Å². The maximum Gasteiger partial charge on any atom is 0.303 e. The molecule has 5 heteroatoms. The molecule has 0 aromatic rings. The third-order valence-corrected chi connectivity index (χ3v) is 10.3. The van der Waals surface area contributed by atoms with Crippen molar-refractivity contribution >= 4 is 5.97 Å². The monoisotopic (exact) mass is 408 g/mol. The second-order valence-corrected chi connectivity index (χ2v) is 11.4. The summed E-state index contributed by atoms with van der Waals surface area (Å²) < 4.78 is 0. The van der Waals surface area contributed by atoms with Gasteiger partial charge >= 0.3 is 5.97 Å². The van der Waals surface area contributed by atoms with Crippen LogP contribution in [-0.2, 0) is 4.79 Å². The summed E-state index contributed by atoms with van der Waals surface area (Å²) >= 11 is 0. The molecule has 4 aliphatic rings. The summed E-state index contributed by atoms with van der Waals surface area (Å²) in [6.45, 7) is 6.72. The van der Waals surface area contributed by atoms with Crippen molar-refractivity contribution < 1.29 is 25.2 Å². The molecule has 5 nitrogen and oxygen atoms in total. The Labute approximate surface area is 174 Å². The van der Waals surface area contributed by atoms with E-state index in [4.69, 9.17) is 5.11 Å². The van der Waals surface area contributed by atoms with Crippen LogP contribution in [0.25, 0.3) is 0 Å². The maximum absolute atomic E-state index is 11.5. The second-order valence-electron chi connectivity index (χ2n) is 11.4. The number of fused-ring (bicyclic) bond motifs is 5. The molecule has 0 aromatic carbocycles. The summed E-state index contributed by atoms with van der Waals surface area (Å²) in [6.07, 6.45) is 6.00. The molecule has 0 radical (unpaired) electrons. The zero-order chi connectivity index (χ0) is 21.1. The van der Waals surface area contributed by atoms with Crippen molar-refractivity contribution in [2.45, 2.75) is 96.9 Å². The first-order chi connectivity index (χ1) is 13.6. The van der Waals surface area contributed by atoms with Gasteiger partial charge in [-0.1, -0.05) is 20.8 Å². The second kappa shape index (κ2) is 7.49. The molecule has 4 N–H and O–H groups in total. The molecule has 0 aliphatic heterocycles. The van der Waals surface area contributed by atoms with E-state index < -0.39 is 12.1 Å². The van der Waals surface area contributed by atoms with Gasteiger partial charge in [0.2, 0.25) is 0 Å². The highest BCUT2D eigenvalue weighted by molar-refractivity contribution is 5.66. The van der Waals surface area contributed by atoms with E-state index in [2.05, 4.69) is 20.8 Å². The Balaban J connectivity index is 1.61. The summed E-state index contributed by atoms with van der Waals surface area (Å²) in [5, 5.41) is 42.0. The van der Waals surface area contributed by atoms with Gasteiger partial charge in [-0.2, -0.15) is 0 Å². The fourth-order valence-electron chi connectivity index (χ4n) is 8.68. The van der Waals surface area contributed by atoms with Crippen LogP contribution in [0.4, 0.5) is 0 Å². The Morgan fingerprint density at radius 1 is 1.03 bits per heavy atom. The molecule has 0 heterocycles. The average Bonchev–Trinajstić information content (AvgIpc) is 3.01. The van der Waals surface area contributed by atoms with Gasteiger partial charge < -0.3 is 20.4 Å². The van der Waals surface area contributed by atoms with Crippen LogP contribution < -0.4 is 0 Å². The number of aliphatic carboxylic acids is 1. The molecule has 166 valence electrons. The lowest BCUT2D eigenvalue weighted by atomic mass is 9.43. The van der Waals surface area contributed by atoms with Crippen LogP contribution in [0.15, 0.2) is 0 Å². The number of carboxylic acid groups (broad SMARTS) is 1. The lowest BCUT2D eigenvalue weighted by Crippen LogP contribution is -2.62. The molecule has 4 rings (SSSR count). The van der Waals surface area contributed by atoms with Crippen molar-refractivity contribution in [1.82, 2.24) is 0 Å². The summed E-state index contributed by atoms with van der Waals surface area (Å²) in [4.78, 5) is 11.1. The van der Waals surface area contributed by atoms with Gasteiger partial charge in [-0.25, -0.2) is 0 Å². The van der Waals surface area contributed by atoms with Crippen LogP contribution in [0.2, 0.25) is 0 Å². The van der Waals surface area contributed by atoms with Crippen LogP contribution >= 0.6 is 0 Å². The summed E-state index contributed by atoms with van der Waals surface area (Å²) in [6, 6.07) is 0. The van der Waals surface area contributed by atoms with Crippen molar-refractivity contribution in [3.63, 3.8) is 0 Å². The van der Waals surface area contributed by atoms with E-state index in [1.54, 1.807) is 0 Å². The number of carboxylic acids is 1. The van der Waals surface area contributed by atoms with E-state index in [1.165, 1.54) is 0 Å². The van der Waals surface area contributed by atoms with Gasteiger partial charge in [-0.15, -0.1) is 0 Å². The summed E-state index contributed by atoms with van der Waals surface area (Å²) in [5.41, 5.74) is -0.143. The molecule has 4 aliphatic carbocycles. The fourth-order valence-corrected chi connectivity index (χ4v) is 8.68. The molecule has 0 aromatic heterocycles. The molecular weight excluding hydrogens is 368 g/mol. The van der Waals surface area contributed by atoms with Crippen LogP contribution in [0, 0.1) is 46.3 Å². The Kier molecular flexibility index (Phi) is 5.57. The number of hydrogen-bond donors (Lipinski definition) is 4. The molecule has 0 saturated heterocycles. The highest BCUT2D eigenvalue weighted by atomic mass is 16.4. The van der Waals surface area contributed by atoms with Crippen LogP contribution in [0.1, 0.15) is 78.6 Å². The summed E-state index contributed by atoms with van der Waals surface area (Å²) in [5.74, 6) is 0.997. The molecular formula is C24H40O5. The zero-order valence-corrected chi connectivity index (χ0v) is 18.3. The molecule has 0 bridgehead atoms. The van der Waals surface area contributed by atoms with E-state index in [1.807, 2.05) is 0 Å². The van der Waals surface area contributed by atoms with Gasteiger partial charge in [0.1, 0.15) is 0 Å². The Bertz CT molecular complexity index is 637. The van der Waals surface area contributed by atoms with Crippen molar-refractivity contribution in [3.8, 4) is 0 Å². The predicted molar refractivity (Wildman–Crippen MR) is 110 cm³/mol. The highest BCUT2D eigenvalue weighted by Gasteiger charge is 2.65. The standard InChI is InChI=1S/C24H40O5/c1-13(4-7-21(28)29)16-5-6-17-22-18(12-20(27)24(16,17)3)23(2)9-8-15(25)10-14(23)11-19(22)26/h13-20,22,25-27H,4-12H2,1-3H3,(H,28,29)/t13-,14-,15-,16+,17+,18+,19-,20-,22+,23+,24-/m1/s1. The molecule has 4 saturated carbocycles. The number of aliphatic hydroxyl groups is 3. The number of hydrogen-bond acceptors (Lipinski definition) is 4. The Morgan fingerprint density at radius 2 is 1.76 bits per heavy atom. The smallest absolute Gasteiger partial charge is 0.303 e. The summed E-state index contributed by atoms with van der Waals surface area (Å²) in [7, 11) is 0. The number of rotatable bonds is 4. The topological polar surface area (TPSA) is 98.0 Å². The van der Waals surface area contributed by atoms with Gasteiger partial charge in [0.15, 0.2) is 0 Å². The minimum absolute atomic E-state index is 0.0957. The Hall–Kier alpha value is -0.650. The van der Waals surface area contributed by atoms with Crippen molar-refractivity contribution in [2.24, 2.45) is 46.3 Å². The van der Waals surface area contributed by atoms with E-state index in [-0.39, 0.29) is 41.3 Å². The van der Waals surface area contributed by atoms with Crippen LogP contribution in [0.3, 0.4) is 0 Å². The van der Waals surface area contributed by atoms with E-state index in [9.17, 15) is 20.1 Å². The van der Waals surface area contributed by atoms with E-state index >= 15 is 0 Å². The molecule has 11 atom stereocenters. The minimum Gasteiger partial charge on any atom is -0.481 e. The van der Waals surface area contributed by atoms with Gasteiger partial charge in [0, 0.05) is 6.42 Å². The minimum atomic E-state index is -0.748. The Morgan fingerprint density at radius 3 is 2.45 bits per heavy atom. The number of aliphatic hydroxyl groups excluding tert-OH is 3. The predicted octanol–water partition coefficient (Wildman–Crippen LogP) is 3.45. The molecule has 0 spiro atoms. The first-order valence-corrected chi connectivity index (χ1v) is 11.8. The molecule has 0 unspecified atom stereocenters. The first kappa shape index (κ1) is 21.6. The maximum atomic E-state index is 11.5. The average molecular weight is 409 g/mol.